The van der Waals surface area contributed by atoms with Gasteiger partial charge in [0.05, 0.1) is 5.60 Å². The molecule has 0 amide bonds. The maximum atomic E-state index is 12.1. The molecular formula is C24H33NO. The normalized spacial score (nSPS) is 26.2. The molecule has 0 saturated heterocycles. The van der Waals surface area contributed by atoms with Crippen LogP contribution in [0.2, 0.25) is 0 Å². The van der Waals surface area contributed by atoms with Gasteiger partial charge in [-0.1, -0.05) is 61.0 Å². The molecule has 3 atom stereocenters. The van der Waals surface area contributed by atoms with Crippen molar-refractivity contribution in [2.24, 2.45) is 11.8 Å². The highest BCUT2D eigenvalue weighted by molar-refractivity contribution is 5.28. The SMILES string of the molecule is Cc1ccccc1CC1(O)C(Cc2ccccc2)CCCC1CN(C)C. The fourth-order valence-corrected chi connectivity index (χ4v) is 4.71. The van der Waals surface area contributed by atoms with Crippen LogP contribution in [0.3, 0.4) is 0 Å². The highest BCUT2D eigenvalue weighted by atomic mass is 16.3. The molecule has 1 aliphatic carbocycles. The maximum Gasteiger partial charge on any atom is 0.0759 e. The Morgan fingerprint density at radius 2 is 1.62 bits per heavy atom. The van der Waals surface area contributed by atoms with E-state index >= 15 is 0 Å². The van der Waals surface area contributed by atoms with Crippen LogP contribution in [-0.2, 0) is 12.8 Å². The van der Waals surface area contributed by atoms with Crippen molar-refractivity contribution in [2.75, 3.05) is 20.6 Å². The van der Waals surface area contributed by atoms with Gasteiger partial charge in [-0.15, -0.1) is 0 Å². The standard InChI is InChI=1S/C24H33NO/c1-19-10-7-8-13-21(19)17-24(26)22(16-20-11-5-4-6-12-20)14-9-15-23(24)18-25(2)3/h4-8,10-13,22-23,26H,9,14-18H2,1-3H3. The zero-order valence-electron chi connectivity index (χ0n) is 16.5. The second kappa shape index (κ2) is 8.37. The van der Waals surface area contributed by atoms with Crippen LogP contribution in [0.1, 0.15) is 36.0 Å². The topological polar surface area (TPSA) is 23.5 Å². The van der Waals surface area contributed by atoms with E-state index < -0.39 is 5.60 Å². The molecular weight excluding hydrogens is 318 g/mol. The summed E-state index contributed by atoms with van der Waals surface area (Å²) in [5, 5.41) is 12.1. The number of benzene rings is 2. The molecule has 1 aliphatic rings. The van der Waals surface area contributed by atoms with E-state index in [4.69, 9.17) is 0 Å². The van der Waals surface area contributed by atoms with Crippen molar-refractivity contribution >= 4 is 0 Å². The fraction of sp³-hybridized carbons (Fsp3) is 0.500. The summed E-state index contributed by atoms with van der Waals surface area (Å²) in [5.41, 5.74) is 3.27. The monoisotopic (exact) mass is 351 g/mol. The Kier molecular flexibility index (Phi) is 6.16. The van der Waals surface area contributed by atoms with Crippen molar-refractivity contribution in [2.45, 2.75) is 44.6 Å². The van der Waals surface area contributed by atoms with Crippen molar-refractivity contribution in [1.82, 2.24) is 4.90 Å². The first kappa shape index (κ1) is 19.1. The maximum absolute atomic E-state index is 12.1. The predicted molar refractivity (Wildman–Crippen MR) is 109 cm³/mol. The van der Waals surface area contributed by atoms with Gasteiger partial charge in [-0.05, 0) is 62.9 Å². The third-order valence-electron chi connectivity index (χ3n) is 6.16. The lowest BCUT2D eigenvalue weighted by Gasteiger charge is -2.47. The molecule has 3 rings (SSSR count). The van der Waals surface area contributed by atoms with Crippen molar-refractivity contribution in [3.63, 3.8) is 0 Å². The smallest absolute Gasteiger partial charge is 0.0759 e. The molecule has 26 heavy (non-hydrogen) atoms. The summed E-state index contributed by atoms with van der Waals surface area (Å²) in [5.74, 6) is 0.628. The molecule has 3 unspecified atom stereocenters. The lowest BCUT2D eigenvalue weighted by molar-refractivity contribution is -0.0998. The van der Waals surface area contributed by atoms with E-state index in [2.05, 4.69) is 80.5 Å². The Bertz CT molecular complexity index is 696. The average molecular weight is 352 g/mol. The summed E-state index contributed by atoms with van der Waals surface area (Å²) in [6, 6.07) is 19.2. The summed E-state index contributed by atoms with van der Waals surface area (Å²) >= 11 is 0. The molecule has 0 spiro atoms. The minimum absolute atomic E-state index is 0.309. The summed E-state index contributed by atoms with van der Waals surface area (Å²) in [6.45, 7) is 3.11. The molecule has 2 aromatic carbocycles. The van der Waals surface area contributed by atoms with Gasteiger partial charge in [0, 0.05) is 18.9 Å². The van der Waals surface area contributed by atoms with Crippen LogP contribution in [0.4, 0.5) is 0 Å². The first-order valence-corrected chi connectivity index (χ1v) is 9.94. The number of aliphatic hydroxyl groups is 1. The number of nitrogens with zero attached hydrogens (tertiary/aromatic N) is 1. The number of hydrogen-bond acceptors (Lipinski definition) is 2. The number of hydrogen-bond donors (Lipinski definition) is 1. The van der Waals surface area contributed by atoms with Gasteiger partial charge in [0.1, 0.15) is 0 Å². The van der Waals surface area contributed by atoms with Crippen LogP contribution < -0.4 is 0 Å². The van der Waals surface area contributed by atoms with Gasteiger partial charge in [-0.25, -0.2) is 0 Å². The second-order valence-corrected chi connectivity index (χ2v) is 8.37. The lowest BCUT2D eigenvalue weighted by atomic mass is 9.63. The lowest BCUT2D eigenvalue weighted by Crippen LogP contribution is -2.53. The van der Waals surface area contributed by atoms with E-state index in [1.165, 1.54) is 23.1 Å². The largest absolute Gasteiger partial charge is 0.389 e. The van der Waals surface area contributed by atoms with E-state index in [1.54, 1.807) is 0 Å². The van der Waals surface area contributed by atoms with Gasteiger partial charge in [0.2, 0.25) is 0 Å². The Labute approximate surface area is 158 Å². The molecule has 2 heteroatoms. The van der Waals surface area contributed by atoms with Crippen molar-refractivity contribution < 1.29 is 5.11 Å². The van der Waals surface area contributed by atoms with Crippen LogP contribution in [0.25, 0.3) is 0 Å². The quantitative estimate of drug-likeness (QED) is 0.829. The molecule has 1 saturated carbocycles. The molecule has 2 nitrogen and oxygen atoms in total. The van der Waals surface area contributed by atoms with Gasteiger partial charge >= 0.3 is 0 Å². The van der Waals surface area contributed by atoms with Crippen molar-refractivity contribution in [3.8, 4) is 0 Å². The van der Waals surface area contributed by atoms with Crippen LogP contribution in [-0.4, -0.2) is 36.2 Å². The molecule has 1 fully saturated rings. The summed E-state index contributed by atoms with van der Waals surface area (Å²) < 4.78 is 0. The number of aryl methyl sites for hydroxylation is 1. The first-order chi connectivity index (χ1) is 12.5. The van der Waals surface area contributed by atoms with Gasteiger partial charge in [-0.2, -0.15) is 0 Å². The molecule has 0 heterocycles. The van der Waals surface area contributed by atoms with Gasteiger partial charge in [0.15, 0.2) is 0 Å². The van der Waals surface area contributed by atoms with Gasteiger partial charge < -0.3 is 10.0 Å². The minimum atomic E-state index is -0.648. The fourth-order valence-electron chi connectivity index (χ4n) is 4.71. The highest BCUT2D eigenvalue weighted by Gasteiger charge is 2.46. The minimum Gasteiger partial charge on any atom is -0.389 e. The third-order valence-corrected chi connectivity index (χ3v) is 6.16. The molecule has 0 radical (unpaired) electrons. The predicted octanol–water partition coefficient (Wildman–Crippen LogP) is 4.49. The van der Waals surface area contributed by atoms with Crippen molar-refractivity contribution in [3.05, 3.63) is 71.3 Å². The van der Waals surface area contributed by atoms with Crippen molar-refractivity contribution in [1.29, 1.82) is 0 Å². The molecule has 1 N–H and O–H groups in total. The zero-order chi connectivity index (χ0) is 18.6. The number of rotatable bonds is 6. The van der Waals surface area contributed by atoms with Crippen LogP contribution in [0.15, 0.2) is 54.6 Å². The Morgan fingerprint density at radius 1 is 0.962 bits per heavy atom. The highest BCUT2D eigenvalue weighted by Crippen LogP contribution is 2.43. The third kappa shape index (κ3) is 4.36. The van der Waals surface area contributed by atoms with Gasteiger partial charge in [-0.3, -0.25) is 0 Å². The second-order valence-electron chi connectivity index (χ2n) is 8.37. The summed E-state index contributed by atoms with van der Waals surface area (Å²) in [6.07, 6.45) is 5.17. The van der Waals surface area contributed by atoms with Crippen LogP contribution in [0.5, 0.6) is 0 Å². The molecule has 0 aliphatic heterocycles. The molecule has 0 aromatic heterocycles. The van der Waals surface area contributed by atoms with E-state index in [1.807, 2.05) is 0 Å². The average Bonchev–Trinajstić information content (AvgIpc) is 2.61. The van der Waals surface area contributed by atoms with E-state index in [0.29, 0.717) is 11.8 Å². The van der Waals surface area contributed by atoms with E-state index in [9.17, 15) is 5.11 Å². The van der Waals surface area contributed by atoms with Gasteiger partial charge in [0.25, 0.3) is 0 Å². The molecule has 140 valence electrons. The van der Waals surface area contributed by atoms with E-state index in [0.717, 1.165) is 32.2 Å². The van der Waals surface area contributed by atoms with Crippen LogP contribution in [0, 0.1) is 18.8 Å². The Morgan fingerprint density at radius 3 is 2.31 bits per heavy atom. The van der Waals surface area contributed by atoms with Crippen LogP contribution >= 0.6 is 0 Å². The Hall–Kier alpha value is -1.64. The summed E-state index contributed by atoms with van der Waals surface area (Å²) in [7, 11) is 4.24. The van der Waals surface area contributed by atoms with E-state index in [-0.39, 0.29) is 0 Å². The molecule has 2 aromatic rings. The zero-order valence-corrected chi connectivity index (χ0v) is 16.5. The summed E-state index contributed by atoms with van der Waals surface area (Å²) in [4.78, 5) is 2.23. The Balaban J connectivity index is 1.91. The molecule has 0 bridgehead atoms. The first-order valence-electron chi connectivity index (χ1n) is 9.94.